The Balaban J connectivity index is 2.36. The fourth-order valence-corrected chi connectivity index (χ4v) is 1.77. The molecule has 2 rings (SSSR count). The van der Waals surface area contributed by atoms with Gasteiger partial charge in [-0.15, -0.1) is 0 Å². The molecule has 2 aromatic rings. The van der Waals surface area contributed by atoms with Gasteiger partial charge in [-0.2, -0.15) is 13.2 Å². The van der Waals surface area contributed by atoms with Crippen LogP contribution in [0.15, 0.2) is 30.5 Å². The number of para-hydroxylation sites is 1. The van der Waals surface area contributed by atoms with E-state index < -0.39 is 12.0 Å². The quantitative estimate of drug-likeness (QED) is 0.825. The first kappa shape index (κ1) is 12.7. The molecule has 0 aliphatic heterocycles. The lowest BCUT2D eigenvalue weighted by atomic mass is 10.1. The summed E-state index contributed by atoms with van der Waals surface area (Å²) >= 11 is 5.90. The van der Waals surface area contributed by atoms with Crippen LogP contribution in [0.4, 0.5) is 13.2 Å². The number of aromatic nitrogens is 1. The van der Waals surface area contributed by atoms with Gasteiger partial charge in [-0.1, -0.05) is 23.7 Å². The van der Waals surface area contributed by atoms with Gasteiger partial charge in [-0.3, -0.25) is 4.79 Å². The summed E-state index contributed by atoms with van der Waals surface area (Å²) in [5, 5.41) is 1.13. The second kappa shape index (κ2) is 4.49. The summed E-state index contributed by atoms with van der Waals surface area (Å²) in [4.78, 5) is 13.6. The molecule has 0 spiro atoms. The van der Waals surface area contributed by atoms with Gasteiger partial charge in [0, 0.05) is 11.6 Å². The number of carbonyl (C=O) groups excluding carboxylic acids is 1. The first-order valence-corrected chi connectivity index (χ1v) is 5.32. The van der Waals surface area contributed by atoms with Crippen LogP contribution >= 0.6 is 11.6 Å². The van der Waals surface area contributed by atoms with Crippen molar-refractivity contribution in [2.75, 3.05) is 0 Å². The second-order valence-corrected chi connectivity index (χ2v) is 4.01. The minimum Gasteiger partial charge on any atom is -0.359 e. The van der Waals surface area contributed by atoms with Crippen molar-refractivity contribution in [3.8, 4) is 0 Å². The van der Waals surface area contributed by atoms with Gasteiger partial charge in [0.1, 0.15) is 0 Å². The highest BCUT2D eigenvalue weighted by Gasteiger charge is 2.35. The molecule has 0 aliphatic rings. The molecule has 94 valence electrons. The zero-order valence-electron chi connectivity index (χ0n) is 8.88. The van der Waals surface area contributed by atoms with Crippen LogP contribution in [0.5, 0.6) is 0 Å². The average molecular weight is 274 g/mol. The van der Waals surface area contributed by atoms with Crippen molar-refractivity contribution in [2.24, 2.45) is 0 Å². The van der Waals surface area contributed by atoms with Crippen molar-refractivity contribution in [2.45, 2.75) is 6.18 Å². The van der Waals surface area contributed by atoms with Crippen molar-refractivity contribution >= 4 is 34.4 Å². The lowest BCUT2D eigenvalue weighted by Gasteiger charge is -1.99. The Labute approximate surface area is 105 Å². The fourth-order valence-electron chi connectivity index (χ4n) is 1.54. The van der Waals surface area contributed by atoms with Crippen molar-refractivity contribution in [3.63, 3.8) is 0 Å². The molecule has 0 atom stereocenters. The van der Waals surface area contributed by atoms with E-state index in [0.717, 1.165) is 6.08 Å². The molecule has 0 saturated carbocycles. The summed E-state index contributed by atoms with van der Waals surface area (Å²) in [5.74, 6) is -1.89. The number of benzene rings is 1. The molecule has 0 radical (unpaired) electrons. The highest BCUT2D eigenvalue weighted by molar-refractivity contribution is 6.35. The Morgan fingerprint density at radius 2 is 2.06 bits per heavy atom. The number of alkyl halides is 3. The van der Waals surface area contributed by atoms with E-state index in [1.807, 2.05) is 0 Å². The molecular formula is C12H7ClF3NO. The molecule has 0 unspecified atom stereocenters. The largest absolute Gasteiger partial charge is 0.454 e. The summed E-state index contributed by atoms with van der Waals surface area (Å²) in [6, 6.07) is 5.05. The summed E-state index contributed by atoms with van der Waals surface area (Å²) in [6.45, 7) is 0. The number of H-pyrrole nitrogens is 1. The maximum atomic E-state index is 12.0. The number of rotatable bonds is 2. The van der Waals surface area contributed by atoms with E-state index in [2.05, 4.69) is 4.98 Å². The van der Waals surface area contributed by atoms with Crippen molar-refractivity contribution in [1.29, 1.82) is 0 Å². The number of hydrogen-bond acceptors (Lipinski definition) is 1. The molecule has 0 fully saturated rings. The van der Waals surface area contributed by atoms with Crippen LogP contribution in [0.3, 0.4) is 0 Å². The second-order valence-electron chi connectivity index (χ2n) is 3.60. The third-order valence-corrected chi connectivity index (χ3v) is 2.71. The monoisotopic (exact) mass is 273 g/mol. The lowest BCUT2D eigenvalue weighted by Crippen LogP contribution is -2.19. The molecule has 0 aliphatic carbocycles. The van der Waals surface area contributed by atoms with Crippen LogP contribution in [0, 0.1) is 0 Å². The van der Waals surface area contributed by atoms with Crippen molar-refractivity contribution in [1.82, 2.24) is 4.98 Å². The maximum absolute atomic E-state index is 12.0. The number of halogens is 4. The minimum atomic E-state index is -4.85. The number of ketones is 1. The van der Waals surface area contributed by atoms with E-state index in [1.54, 1.807) is 18.2 Å². The molecular weight excluding hydrogens is 267 g/mol. The van der Waals surface area contributed by atoms with Crippen LogP contribution in [-0.2, 0) is 4.79 Å². The SMILES string of the molecule is O=C(/C=C/c1c[nH]c2c(Cl)cccc12)C(F)(F)F. The van der Waals surface area contributed by atoms with Crippen LogP contribution in [-0.4, -0.2) is 16.9 Å². The highest BCUT2D eigenvalue weighted by Crippen LogP contribution is 2.26. The number of nitrogens with one attached hydrogen (secondary N) is 1. The molecule has 18 heavy (non-hydrogen) atoms. The van der Waals surface area contributed by atoms with Gasteiger partial charge in [0.25, 0.3) is 5.78 Å². The van der Waals surface area contributed by atoms with Crippen molar-refractivity contribution in [3.05, 3.63) is 41.1 Å². The van der Waals surface area contributed by atoms with Gasteiger partial charge in [0.05, 0.1) is 10.5 Å². The summed E-state index contributed by atoms with van der Waals surface area (Å²) in [7, 11) is 0. The van der Waals surface area contributed by atoms with Gasteiger partial charge in [0.2, 0.25) is 0 Å². The summed E-state index contributed by atoms with van der Waals surface area (Å²) < 4.78 is 36.1. The van der Waals surface area contributed by atoms with E-state index in [-0.39, 0.29) is 0 Å². The van der Waals surface area contributed by atoms with E-state index >= 15 is 0 Å². The zero-order valence-corrected chi connectivity index (χ0v) is 9.64. The predicted molar refractivity (Wildman–Crippen MR) is 63.4 cm³/mol. The fraction of sp³-hybridized carbons (Fsp3) is 0.0833. The molecule has 1 aromatic heterocycles. The van der Waals surface area contributed by atoms with E-state index in [4.69, 9.17) is 11.6 Å². The third kappa shape index (κ3) is 2.41. The molecule has 6 heteroatoms. The normalized spacial score (nSPS) is 12.4. The summed E-state index contributed by atoms with van der Waals surface area (Å²) in [6.07, 6.45) is -1.73. The van der Waals surface area contributed by atoms with E-state index in [9.17, 15) is 18.0 Å². The molecule has 0 bridgehead atoms. The average Bonchev–Trinajstić information content (AvgIpc) is 2.69. The Kier molecular flexibility index (Phi) is 3.17. The minimum absolute atomic E-state index is 0.467. The molecule has 1 N–H and O–H groups in total. The highest BCUT2D eigenvalue weighted by atomic mass is 35.5. The Bertz CT molecular complexity index is 628. The lowest BCUT2D eigenvalue weighted by molar-refractivity contribution is -0.165. The number of fused-ring (bicyclic) bond motifs is 1. The summed E-state index contributed by atoms with van der Waals surface area (Å²) in [5.41, 5.74) is 1.10. The van der Waals surface area contributed by atoms with E-state index in [1.165, 1.54) is 6.20 Å². The number of hydrogen-bond donors (Lipinski definition) is 1. The standard InChI is InChI=1S/C12H7ClF3NO/c13-9-3-1-2-8-7(6-17-11(8)9)4-5-10(18)12(14,15)16/h1-6,17H/b5-4+. The molecule has 1 aromatic carbocycles. The van der Waals surface area contributed by atoms with E-state index in [0.29, 0.717) is 27.6 Å². The molecule has 1 heterocycles. The maximum Gasteiger partial charge on any atom is 0.454 e. The molecule has 0 amide bonds. The third-order valence-electron chi connectivity index (χ3n) is 2.39. The van der Waals surface area contributed by atoms with Gasteiger partial charge in [-0.05, 0) is 23.8 Å². The number of aromatic amines is 1. The topological polar surface area (TPSA) is 32.9 Å². The van der Waals surface area contributed by atoms with Gasteiger partial charge in [0.15, 0.2) is 0 Å². The number of carbonyl (C=O) groups is 1. The van der Waals surface area contributed by atoms with Gasteiger partial charge < -0.3 is 4.98 Å². The first-order valence-electron chi connectivity index (χ1n) is 4.94. The predicted octanol–water partition coefficient (Wildman–Crippen LogP) is 3.97. The van der Waals surface area contributed by atoms with Gasteiger partial charge >= 0.3 is 6.18 Å². The Morgan fingerprint density at radius 1 is 1.33 bits per heavy atom. The first-order chi connectivity index (χ1) is 8.39. The van der Waals surface area contributed by atoms with Crippen molar-refractivity contribution < 1.29 is 18.0 Å². The van der Waals surface area contributed by atoms with Gasteiger partial charge in [-0.25, -0.2) is 0 Å². The van der Waals surface area contributed by atoms with Crippen LogP contribution in [0.1, 0.15) is 5.56 Å². The smallest absolute Gasteiger partial charge is 0.359 e. The van der Waals surface area contributed by atoms with Crippen LogP contribution in [0.25, 0.3) is 17.0 Å². The molecule has 2 nitrogen and oxygen atoms in total. The zero-order chi connectivity index (χ0) is 13.3. The Morgan fingerprint density at radius 3 is 2.72 bits per heavy atom. The Hall–Kier alpha value is -1.75. The number of allylic oxidation sites excluding steroid dienone is 1. The van der Waals surface area contributed by atoms with Crippen LogP contribution in [0.2, 0.25) is 5.02 Å². The molecule has 0 saturated heterocycles. The van der Waals surface area contributed by atoms with Crippen LogP contribution < -0.4 is 0 Å².